The van der Waals surface area contributed by atoms with Gasteiger partial charge in [0.05, 0.1) is 12.3 Å². The number of likely N-dealkylation sites (tertiary alicyclic amines) is 1. The number of hydrogen-bond donors (Lipinski definition) is 1. The Hall–Kier alpha value is -1.84. The van der Waals surface area contributed by atoms with Crippen LogP contribution in [-0.2, 0) is 28.9 Å². The summed E-state index contributed by atoms with van der Waals surface area (Å²) in [4.78, 5) is 25.3. The van der Waals surface area contributed by atoms with Crippen molar-refractivity contribution in [3.8, 4) is 0 Å². The Morgan fingerprint density at radius 2 is 1.91 bits per heavy atom. The van der Waals surface area contributed by atoms with Crippen molar-refractivity contribution < 1.29 is 14.7 Å². The lowest BCUT2D eigenvalue weighted by molar-refractivity contribution is -0.142. The topological polar surface area (TPSA) is 57.6 Å². The fourth-order valence-corrected chi connectivity index (χ4v) is 3.68. The molecule has 1 fully saturated rings. The number of benzene rings is 1. The Bertz CT molecular complexity index is 596. The first kappa shape index (κ1) is 15.1. The average Bonchev–Trinajstić information content (AvgIpc) is 2.89. The van der Waals surface area contributed by atoms with E-state index in [0.717, 1.165) is 18.4 Å². The second kappa shape index (κ2) is 6.11. The molecule has 0 spiro atoms. The van der Waals surface area contributed by atoms with E-state index in [9.17, 15) is 9.59 Å². The molecule has 4 heteroatoms. The van der Waals surface area contributed by atoms with Gasteiger partial charge in [-0.2, -0.15) is 0 Å². The van der Waals surface area contributed by atoms with E-state index in [2.05, 4.69) is 18.2 Å². The number of aliphatic carboxylic acids is 1. The molecule has 1 aliphatic carbocycles. The summed E-state index contributed by atoms with van der Waals surface area (Å²) >= 11 is 0. The van der Waals surface area contributed by atoms with E-state index in [1.54, 1.807) is 4.90 Å². The van der Waals surface area contributed by atoms with Crippen LogP contribution in [-0.4, -0.2) is 35.0 Å². The zero-order valence-corrected chi connectivity index (χ0v) is 13.0. The highest BCUT2D eigenvalue weighted by Crippen LogP contribution is 2.25. The molecule has 3 rings (SSSR count). The van der Waals surface area contributed by atoms with Gasteiger partial charge >= 0.3 is 5.97 Å². The standard InChI is InChI=1S/C18H23NO3/c1-12-10-19(11-16(12)18(21)22)17(20)9-13-6-7-14-4-2-3-5-15(14)8-13/h6-8,12,16H,2-5,9-11H2,1H3,(H,21,22)/t12-,16-/m1/s1. The molecule has 0 unspecified atom stereocenters. The zero-order chi connectivity index (χ0) is 15.7. The summed E-state index contributed by atoms with van der Waals surface area (Å²) < 4.78 is 0. The van der Waals surface area contributed by atoms with Gasteiger partial charge in [-0.25, -0.2) is 0 Å². The number of rotatable bonds is 3. The van der Waals surface area contributed by atoms with E-state index in [4.69, 9.17) is 5.11 Å². The van der Waals surface area contributed by atoms with Gasteiger partial charge in [0, 0.05) is 13.1 Å². The summed E-state index contributed by atoms with van der Waals surface area (Å²) in [5.74, 6) is -1.14. The molecular weight excluding hydrogens is 278 g/mol. The average molecular weight is 301 g/mol. The Labute approximate surface area is 131 Å². The van der Waals surface area contributed by atoms with Crippen molar-refractivity contribution >= 4 is 11.9 Å². The lowest BCUT2D eigenvalue weighted by Gasteiger charge is -2.19. The molecule has 118 valence electrons. The predicted molar refractivity (Wildman–Crippen MR) is 83.7 cm³/mol. The van der Waals surface area contributed by atoms with E-state index < -0.39 is 11.9 Å². The monoisotopic (exact) mass is 301 g/mol. The molecule has 22 heavy (non-hydrogen) atoms. The lowest BCUT2D eigenvalue weighted by atomic mass is 9.90. The van der Waals surface area contributed by atoms with Crippen molar-refractivity contribution in [2.45, 2.75) is 39.0 Å². The second-order valence-corrected chi connectivity index (χ2v) is 6.71. The number of carboxylic acids is 1. The fraction of sp³-hybridized carbons (Fsp3) is 0.556. The first-order valence-corrected chi connectivity index (χ1v) is 8.16. The van der Waals surface area contributed by atoms with E-state index in [1.165, 1.54) is 24.0 Å². The van der Waals surface area contributed by atoms with Crippen molar-refractivity contribution in [3.05, 3.63) is 34.9 Å². The van der Waals surface area contributed by atoms with Crippen LogP contribution in [0.3, 0.4) is 0 Å². The molecule has 1 amide bonds. The van der Waals surface area contributed by atoms with Crippen molar-refractivity contribution in [2.75, 3.05) is 13.1 Å². The smallest absolute Gasteiger partial charge is 0.308 e. The van der Waals surface area contributed by atoms with Gasteiger partial charge in [-0.3, -0.25) is 9.59 Å². The minimum atomic E-state index is -0.795. The number of fused-ring (bicyclic) bond motifs is 1. The zero-order valence-electron chi connectivity index (χ0n) is 13.0. The van der Waals surface area contributed by atoms with Gasteiger partial charge in [0.15, 0.2) is 0 Å². The molecule has 1 aliphatic heterocycles. The molecule has 1 aromatic rings. The summed E-state index contributed by atoms with van der Waals surface area (Å²) in [6.45, 7) is 2.81. The third-order valence-corrected chi connectivity index (χ3v) is 5.05. The summed E-state index contributed by atoms with van der Waals surface area (Å²) in [6.07, 6.45) is 5.13. The van der Waals surface area contributed by atoms with Crippen LogP contribution in [0, 0.1) is 11.8 Å². The van der Waals surface area contributed by atoms with Crippen molar-refractivity contribution in [1.82, 2.24) is 4.90 Å². The van der Waals surface area contributed by atoms with E-state index in [-0.39, 0.29) is 11.8 Å². The number of hydrogen-bond acceptors (Lipinski definition) is 2. The number of nitrogens with zero attached hydrogens (tertiary/aromatic N) is 1. The Morgan fingerprint density at radius 1 is 1.18 bits per heavy atom. The molecule has 2 atom stereocenters. The number of carbonyl (C=O) groups excluding carboxylic acids is 1. The van der Waals surface area contributed by atoms with Crippen LogP contribution in [0.5, 0.6) is 0 Å². The van der Waals surface area contributed by atoms with Crippen LogP contribution < -0.4 is 0 Å². The number of carboxylic acid groups (broad SMARTS) is 1. The molecule has 0 saturated carbocycles. The van der Waals surface area contributed by atoms with Gasteiger partial charge in [0.25, 0.3) is 0 Å². The van der Waals surface area contributed by atoms with Crippen LogP contribution in [0.25, 0.3) is 0 Å². The van der Waals surface area contributed by atoms with Gasteiger partial charge in [-0.1, -0.05) is 25.1 Å². The maximum Gasteiger partial charge on any atom is 0.308 e. The molecule has 1 heterocycles. The first-order valence-electron chi connectivity index (χ1n) is 8.16. The van der Waals surface area contributed by atoms with Gasteiger partial charge in [-0.15, -0.1) is 0 Å². The number of aryl methyl sites for hydroxylation is 2. The van der Waals surface area contributed by atoms with Crippen LogP contribution in [0.15, 0.2) is 18.2 Å². The molecule has 1 saturated heterocycles. The Kier molecular flexibility index (Phi) is 4.19. The normalized spacial score (nSPS) is 24.1. The second-order valence-electron chi connectivity index (χ2n) is 6.71. The minimum absolute atomic E-state index is 0.0324. The fourth-order valence-electron chi connectivity index (χ4n) is 3.68. The van der Waals surface area contributed by atoms with Gasteiger partial charge in [0.1, 0.15) is 0 Å². The highest BCUT2D eigenvalue weighted by atomic mass is 16.4. The summed E-state index contributed by atoms with van der Waals surface area (Å²) in [7, 11) is 0. The number of carbonyl (C=O) groups is 2. The molecule has 1 aromatic carbocycles. The van der Waals surface area contributed by atoms with Crippen LogP contribution >= 0.6 is 0 Å². The largest absolute Gasteiger partial charge is 0.481 e. The maximum atomic E-state index is 12.4. The van der Waals surface area contributed by atoms with Crippen LogP contribution in [0.4, 0.5) is 0 Å². The third-order valence-electron chi connectivity index (χ3n) is 5.05. The SMILES string of the molecule is C[C@@H]1CN(C(=O)Cc2ccc3c(c2)CCCC3)C[C@H]1C(=O)O. The molecule has 0 aromatic heterocycles. The van der Waals surface area contributed by atoms with E-state index in [0.29, 0.717) is 19.5 Å². The lowest BCUT2D eigenvalue weighted by Crippen LogP contribution is -2.31. The highest BCUT2D eigenvalue weighted by molar-refractivity contribution is 5.81. The van der Waals surface area contributed by atoms with Gasteiger partial charge in [0.2, 0.25) is 5.91 Å². The minimum Gasteiger partial charge on any atom is -0.481 e. The Balaban J connectivity index is 1.66. The molecular formula is C18H23NO3. The molecule has 1 N–H and O–H groups in total. The first-order chi connectivity index (χ1) is 10.5. The quantitative estimate of drug-likeness (QED) is 0.932. The Morgan fingerprint density at radius 3 is 2.59 bits per heavy atom. The highest BCUT2D eigenvalue weighted by Gasteiger charge is 2.36. The van der Waals surface area contributed by atoms with Crippen molar-refractivity contribution in [1.29, 1.82) is 0 Å². The van der Waals surface area contributed by atoms with Gasteiger partial charge < -0.3 is 10.0 Å². The van der Waals surface area contributed by atoms with E-state index >= 15 is 0 Å². The third kappa shape index (κ3) is 3.01. The predicted octanol–water partition coefficient (Wildman–Crippen LogP) is 2.29. The van der Waals surface area contributed by atoms with Crippen LogP contribution in [0.1, 0.15) is 36.5 Å². The van der Waals surface area contributed by atoms with Crippen LogP contribution in [0.2, 0.25) is 0 Å². The molecule has 2 aliphatic rings. The number of amides is 1. The van der Waals surface area contributed by atoms with Gasteiger partial charge in [-0.05, 0) is 48.3 Å². The summed E-state index contributed by atoms with van der Waals surface area (Å²) in [5, 5.41) is 9.17. The molecule has 0 bridgehead atoms. The molecule has 4 nitrogen and oxygen atoms in total. The molecule has 0 radical (unpaired) electrons. The van der Waals surface area contributed by atoms with Crippen molar-refractivity contribution in [2.24, 2.45) is 11.8 Å². The van der Waals surface area contributed by atoms with Crippen molar-refractivity contribution in [3.63, 3.8) is 0 Å². The summed E-state index contributed by atoms with van der Waals surface area (Å²) in [5.41, 5.74) is 3.86. The summed E-state index contributed by atoms with van der Waals surface area (Å²) in [6, 6.07) is 6.38. The van der Waals surface area contributed by atoms with E-state index in [1.807, 2.05) is 6.92 Å². The maximum absolute atomic E-state index is 12.4.